The Hall–Kier alpha value is -1.36. The van der Waals surface area contributed by atoms with Crippen molar-refractivity contribution in [3.63, 3.8) is 0 Å². The molecular weight excluding hydrogens is 192 g/mol. The van der Waals surface area contributed by atoms with Crippen molar-refractivity contribution in [2.75, 3.05) is 25.9 Å². The molecule has 1 saturated heterocycles. The van der Waals surface area contributed by atoms with Crippen LogP contribution >= 0.6 is 0 Å². The first-order valence-electron chi connectivity index (χ1n) is 5.17. The van der Waals surface area contributed by atoms with Crippen LogP contribution in [0.15, 0.2) is 12.4 Å². The van der Waals surface area contributed by atoms with Gasteiger partial charge in [-0.05, 0) is 19.9 Å². The third-order valence-corrected chi connectivity index (χ3v) is 2.60. The molecule has 2 heterocycles. The van der Waals surface area contributed by atoms with E-state index >= 15 is 0 Å². The van der Waals surface area contributed by atoms with Crippen LogP contribution < -0.4 is 10.5 Å². The fourth-order valence-corrected chi connectivity index (χ4v) is 1.66. The topological polar surface area (TPSA) is 64.3 Å². The lowest BCUT2D eigenvalue weighted by atomic mass is 10.1. The molecule has 0 aliphatic carbocycles. The minimum absolute atomic E-state index is 0.263. The normalized spacial score (nSPS) is 19.0. The molecule has 0 spiro atoms. The zero-order chi connectivity index (χ0) is 10.7. The van der Waals surface area contributed by atoms with E-state index in [9.17, 15) is 0 Å². The highest BCUT2D eigenvalue weighted by molar-refractivity contribution is 5.24. The summed E-state index contributed by atoms with van der Waals surface area (Å²) in [4.78, 5) is 10.3. The number of nitrogen functional groups attached to an aromatic ring is 1. The van der Waals surface area contributed by atoms with Crippen molar-refractivity contribution in [2.24, 2.45) is 0 Å². The molecule has 1 aliphatic rings. The number of nitrogens with zero attached hydrogens (tertiary/aromatic N) is 3. The van der Waals surface area contributed by atoms with Crippen LogP contribution in [0.5, 0.6) is 5.88 Å². The number of piperidine rings is 1. The summed E-state index contributed by atoms with van der Waals surface area (Å²) in [5, 5.41) is 0. The molecule has 1 aromatic heterocycles. The van der Waals surface area contributed by atoms with Gasteiger partial charge in [0, 0.05) is 13.1 Å². The molecule has 0 saturated carbocycles. The van der Waals surface area contributed by atoms with Crippen LogP contribution in [0.25, 0.3) is 0 Å². The summed E-state index contributed by atoms with van der Waals surface area (Å²) < 4.78 is 5.70. The van der Waals surface area contributed by atoms with E-state index in [1.165, 1.54) is 6.20 Å². The third-order valence-electron chi connectivity index (χ3n) is 2.60. The molecule has 15 heavy (non-hydrogen) atoms. The van der Waals surface area contributed by atoms with Crippen LogP contribution in [0.3, 0.4) is 0 Å². The molecule has 0 bridgehead atoms. The standard InChI is InChI=1S/C10H16N4O/c1-14-4-2-8(3-5-14)15-10-7-12-9(11)6-13-10/h6-8H,2-5H2,1H3,(H2,11,12). The summed E-state index contributed by atoms with van der Waals surface area (Å²) in [6.07, 6.45) is 5.45. The Morgan fingerprint density at radius 3 is 2.67 bits per heavy atom. The fraction of sp³-hybridized carbons (Fsp3) is 0.600. The molecule has 0 amide bonds. The molecule has 0 atom stereocenters. The van der Waals surface area contributed by atoms with E-state index in [0.717, 1.165) is 25.9 Å². The van der Waals surface area contributed by atoms with E-state index in [-0.39, 0.29) is 6.10 Å². The van der Waals surface area contributed by atoms with Crippen molar-refractivity contribution in [1.82, 2.24) is 14.9 Å². The zero-order valence-corrected chi connectivity index (χ0v) is 8.89. The molecule has 2 rings (SSSR count). The molecule has 0 unspecified atom stereocenters. The van der Waals surface area contributed by atoms with Crippen LogP contribution in [0, 0.1) is 0 Å². The van der Waals surface area contributed by atoms with Crippen molar-refractivity contribution in [2.45, 2.75) is 18.9 Å². The van der Waals surface area contributed by atoms with Crippen molar-refractivity contribution in [1.29, 1.82) is 0 Å². The summed E-state index contributed by atoms with van der Waals surface area (Å²) >= 11 is 0. The minimum atomic E-state index is 0.263. The molecule has 0 aromatic carbocycles. The van der Waals surface area contributed by atoms with Gasteiger partial charge in [0.25, 0.3) is 0 Å². The summed E-state index contributed by atoms with van der Waals surface area (Å²) in [5.41, 5.74) is 5.44. The smallest absolute Gasteiger partial charge is 0.232 e. The lowest BCUT2D eigenvalue weighted by molar-refractivity contribution is 0.109. The van der Waals surface area contributed by atoms with Crippen LogP contribution in [0.1, 0.15) is 12.8 Å². The van der Waals surface area contributed by atoms with E-state index in [2.05, 4.69) is 21.9 Å². The Morgan fingerprint density at radius 2 is 2.07 bits per heavy atom. The molecule has 1 fully saturated rings. The quantitative estimate of drug-likeness (QED) is 0.768. The van der Waals surface area contributed by atoms with E-state index in [1.54, 1.807) is 6.20 Å². The number of anilines is 1. The lowest BCUT2D eigenvalue weighted by Gasteiger charge is -2.28. The number of ether oxygens (including phenoxy) is 1. The first kappa shape index (κ1) is 10.2. The first-order valence-corrected chi connectivity index (χ1v) is 5.17. The second kappa shape index (κ2) is 4.44. The number of hydrogen-bond acceptors (Lipinski definition) is 5. The van der Waals surface area contributed by atoms with Crippen LogP contribution in [0.2, 0.25) is 0 Å². The Balaban J connectivity index is 1.89. The van der Waals surface area contributed by atoms with Crippen molar-refractivity contribution in [3.05, 3.63) is 12.4 Å². The molecule has 5 nitrogen and oxygen atoms in total. The van der Waals surface area contributed by atoms with Gasteiger partial charge in [0.15, 0.2) is 0 Å². The highest BCUT2D eigenvalue weighted by Gasteiger charge is 2.18. The molecule has 1 aromatic rings. The van der Waals surface area contributed by atoms with Gasteiger partial charge in [-0.25, -0.2) is 9.97 Å². The summed E-state index contributed by atoms with van der Waals surface area (Å²) in [6.45, 7) is 2.15. The maximum Gasteiger partial charge on any atom is 0.232 e. The molecule has 82 valence electrons. The van der Waals surface area contributed by atoms with Crippen molar-refractivity contribution >= 4 is 5.82 Å². The lowest BCUT2D eigenvalue weighted by Crippen LogP contribution is -2.35. The maximum absolute atomic E-state index is 5.70. The number of likely N-dealkylation sites (tertiary alicyclic amines) is 1. The predicted octanol–water partition coefficient (Wildman–Crippen LogP) is 0.532. The van der Waals surface area contributed by atoms with Crippen LogP contribution in [-0.4, -0.2) is 41.1 Å². The van der Waals surface area contributed by atoms with E-state index in [0.29, 0.717) is 11.7 Å². The van der Waals surface area contributed by atoms with Gasteiger partial charge < -0.3 is 15.4 Å². The number of rotatable bonds is 2. The second-order valence-corrected chi connectivity index (χ2v) is 3.90. The largest absolute Gasteiger partial charge is 0.473 e. The number of nitrogens with two attached hydrogens (primary N) is 1. The van der Waals surface area contributed by atoms with Gasteiger partial charge >= 0.3 is 0 Å². The number of hydrogen-bond donors (Lipinski definition) is 1. The van der Waals surface area contributed by atoms with Gasteiger partial charge in [-0.2, -0.15) is 0 Å². The molecule has 2 N–H and O–H groups in total. The van der Waals surface area contributed by atoms with Gasteiger partial charge in [-0.15, -0.1) is 0 Å². The predicted molar refractivity (Wildman–Crippen MR) is 57.6 cm³/mol. The Kier molecular flexibility index (Phi) is 3.01. The van der Waals surface area contributed by atoms with Gasteiger partial charge in [0.2, 0.25) is 5.88 Å². The summed E-state index contributed by atoms with van der Waals surface area (Å²) in [5.74, 6) is 0.990. The van der Waals surface area contributed by atoms with E-state index in [4.69, 9.17) is 10.5 Å². The average molecular weight is 208 g/mol. The highest BCUT2D eigenvalue weighted by atomic mass is 16.5. The van der Waals surface area contributed by atoms with Crippen LogP contribution in [-0.2, 0) is 0 Å². The Bertz CT molecular complexity index is 306. The van der Waals surface area contributed by atoms with Gasteiger partial charge in [0.05, 0.1) is 12.4 Å². The van der Waals surface area contributed by atoms with Crippen molar-refractivity contribution < 1.29 is 4.74 Å². The minimum Gasteiger partial charge on any atom is -0.473 e. The molecule has 1 aliphatic heterocycles. The van der Waals surface area contributed by atoms with Crippen LogP contribution in [0.4, 0.5) is 5.82 Å². The number of aromatic nitrogens is 2. The maximum atomic E-state index is 5.70. The monoisotopic (exact) mass is 208 g/mol. The SMILES string of the molecule is CN1CCC(Oc2cnc(N)cn2)CC1. The summed E-state index contributed by atoms with van der Waals surface area (Å²) in [7, 11) is 2.12. The Labute approximate surface area is 89.3 Å². The third kappa shape index (κ3) is 2.79. The molecule has 0 radical (unpaired) electrons. The highest BCUT2D eigenvalue weighted by Crippen LogP contribution is 2.15. The zero-order valence-electron chi connectivity index (χ0n) is 8.89. The molecular formula is C10H16N4O. The molecule has 5 heteroatoms. The van der Waals surface area contributed by atoms with Crippen molar-refractivity contribution in [3.8, 4) is 5.88 Å². The summed E-state index contributed by atoms with van der Waals surface area (Å²) in [6, 6.07) is 0. The van der Waals surface area contributed by atoms with Gasteiger partial charge in [0.1, 0.15) is 11.9 Å². The first-order chi connectivity index (χ1) is 7.24. The van der Waals surface area contributed by atoms with Gasteiger partial charge in [-0.1, -0.05) is 0 Å². The van der Waals surface area contributed by atoms with Gasteiger partial charge in [-0.3, -0.25) is 0 Å². The average Bonchev–Trinajstić information content (AvgIpc) is 2.25. The second-order valence-electron chi connectivity index (χ2n) is 3.90. The van der Waals surface area contributed by atoms with E-state index < -0.39 is 0 Å². The Morgan fingerprint density at radius 1 is 1.33 bits per heavy atom. The fourth-order valence-electron chi connectivity index (χ4n) is 1.66. The van der Waals surface area contributed by atoms with E-state index in [1.807, 2.05) is 0 Å².